The Kier molecular flexibility index (Phi) is 8.80. The van der Waals surface area contributed by atoms with Crippen LogP contribution in [-0.4, -0.2) is 96.7 Å². The van der Waals surface area contributed by atoms with E-state index in [0.717, 1.165) is 6.07 Å². The fourth-order valence-electron chi connectivity index (χ4n) is 6.08. The number of ether oxygens (including phenoxy) is 1. The number of imide groups is 1. The molecule has 6 rings (SSSR count). The van der Waals surface area contributed by atoms with Crippen molar-refractivity contribution in [1.82, 2.24) is 19.4 Å². The lowest BCUT2D eigenvalue weighted by Crippen LogP contribution is -2.55. The van der Waals surface area contributed by atoms with Crippen LogP contribution in [0.1, 0.15) is 47.2 Å². The molecule has 0 aliphatic carbocycles. The second kappa shape index (κ2) is 12.8. The lowest BCUT2D eigenvalue weighted by atomic mass is 9.99. The molecular weight excluding hydrogens is 637 g/mol. The maximum Gasteiger partial charge on any atom is 0.260 e. The van der Waals surface area contributed by atoms with Crippen molar-refractivity contribution in [2.45, 2.75) is 44.0 Å². The summed E-state index contributed by atoms with van der Waals surface area (Å²) in [4.78, 5) is 76.8. The van der Waals surface area contributed by atoms with Crippen molar-refractivity contribution in [2.75, 3.05) is 38.1 Å². The second-order valence-electron chi connectivity index (χ2n) is 12.0. The molecule has 2 aromatic rings. The standard InChI is InChI=1S/C31H32FN5O9S/c32-23-5-4-18(17-47(44,45)36-10-8-20(38)9-11-36)12-24(23)33-29(41)19-13-35(14-19)28(40)16-46-26-3-1-2-21-22(26)15-37(31(21)43)25-6-7-27(39)34-30(25)42/h1-5,12,19,25H,6-11,13-17H2,(H,33,41)(H,34,39,42). The van der Waals surface area contributed by atoms with Gasteiger partial charge in [0.15, 0.2) is 6.61 Å². The van der Waals surface area contributed by atoms with Crippen molar-refractivity contribution < 1.29 is 46.3 Å². The number of nitrogens with zero attached hydrogens (tertiary/aromatic N) is 3. The summed E-state index contributed by atoms with van der Waals surface area (Å²) in [5, 5.41) is 4.74. The van der Waals surface area contributed by atoms with E-state index in [9.17, 15) is 41.6 Å². The quantitative estimate of drug-likeness (QED) is 0.361. The van der Waals surface area contributed by atoms with Crippen molar-refractivity contribution in [3.05, 3.63) is 58.9 Å². The van der Waals surface area contributed by atoms with E-state index in [1.807, 2.05) is 0 Å². The van der Waals surface area contributed by atoms with Crippen molar-refractivity contribution in [3.8, 4) is 5.75 Å². The van der Waals surface area contributed by atoms with Crippen LogP contribution in [0.4, 0.5) is 10.1 Å². The first-order valence-corrected chi connectivity index (χ1v) is 16.8. The number of rotatable bonds is 9. The number of halogens is 1. The summed E-state index contributed by atoms with van der Waals surface area (Å²) in [6.45, 7) is 0.0418. The fourth-order valence-corrected chi connectivity index (χ4v) is 7.60. The molecule has 0 radical (unpaired) electrons. The van der Waals surface area contributed by atoms with Gasteiger partial charge in [0.2, 0.25) is 27.7 Å². The molecule has 16 heteroatoms. The Morgan fingerprint density at radius 3 is 2.49 bits per heavy atom. The number of fused-ring (bicyclic) bond motifs is 1. The van der Waals surface area contributed by atoms with Crippen LogP contribution in [0.3, 0.4) is 0 Å². The Bertz CT molecular complexity index is 1780. The maximum absolute atomic E-state index is 14.5. The predicted octanol–water partition coefficient (Wildman–Crippen LogP) is 0.557. The van der Waals surface area contributed by atoms with Gasteiger partial charge in [0.25, 0.3) is 11.8 Å². The number of benzene rings is 2. The second-order valence-corrected chi connectivity index (χ2v) is 13.9. The Labute approximate surface area is 269 Å². The third-order valence-corrected chi connectivity index (χ3v) is 10.7. The molecule has 4 aliphatic heterocycles. The van der Waals surface area contributed by atoms with E-state index >= 15 is 0 Å². The van der Waals surface area contributed by atoms with Crippen LogP contribution in [0.15, 0.2) is 36.4 Å². The van der Waals surface area contributed by atoms with Crippen LogP contribution >= 0.6 is 0 Å². The van der Waals surface area contributed by atoms with Gasteiger partial charge in [-0.15, -0.1) is 0 Å². The highest BCUT2D eigenvalue weighted by Gasteiger charge is 2.41. The van der Waals surface area contributed by atoms with Crippen LogP contribution in [0.2, 0.25) is 0 Å². The highest BCUT2D eigenvalue weighted by Crippen LogP contribution is 2.34. The summed E-state index contributed by atoms with van der Waals surface area (Å²) in [7, 11) is -3.74. The monoisotopic (exact) mass is 669 g/mol. The van der Waals surface area contributed by atoms with Gasteiger partial charge in [0.05, 0.1) is 23.9 Å². The average molecular weight is 670 g/mol. The summed E-state index contributed by atoms with van der Waals surface area (Å²) in [5.74, 6) is -3.70. The maximum atomic E-state index is 14.5. The van der Waals surface area contributed by atoms with E-state index in [0.29, 0.717) is 16.9 Å². The summed E-state index contributed by atoms with van der Waals surface area (Å²) in [5.41, 5.74) is 0.968. The molecule has 2 N–H and O–H groups in total. The van der Waals surface area contributed by atoms with Gasteiger partial charge in [-0.25, -0.2) is 17.1 Å². The largest absolute Gasteiger partial charge is 0.483 e. The van der Waals surface area contributed by atoms with Crippen LogP contribution in [0.5, 0.6) is 5.75 Å². The Hall–Kier alpha value is -4.70. The van der Waals surface area contributed by atoms with Gasteiger partial charge in [-0.3, -0.25) is 34.1 Å². The number of Topliss-reactive ketones (excluding diaryl/α,β-unsaturated/α-hetero) is 1. The summed E-state index contributed by atoms with van der Waals surface area (Å²) in [6.07, 6.45) is 0.638. The number of carbonyl (C=O) groups is 6. The normalized spacial score (nSPS) is 20.5. The number of likely N-dealkylation sites (tertiary alicyclic amines) is 1. The third kappa shape index (κ3) is 6.74. The smallest absolute Gasteiger partial charge is 0.260 e. The topological polar surface area (TPSA) is 180 Å². The number of anilines is 1. The predicted molar refractivity (Wildman–Crippen MR) is 162 cm³/mol. The average Bonchev–Trinajstić information content (AvgIpc) is 3.33. The zero-order valence-electron chi connectivity index (χ0n) is 25.2. The molecule has 3 saturated heterocycles. The number of piperidine rings is 2. The van der Waals surface area contributed by atoms with Gasteiger partial charge < -0.3 is 19.9 Å². The molecule has 0 aromatic heterocycles. The molecule has 4 aliphatic rings. The van der Waals surface area contributed by atoms with Crippen LogP contribution in [0, 0.1) is 11.7 Å². The van der Waals surface area contributed by atoms with Gasteiger partial charge in [0.1, 0.15) is 23.4 Å². The van der Waals surface area contributed by atoms with E-state index in [1.165, 1.54) is 26.2 Å². The number of hydrogen-bond donors (Lipinski definition) is 2. The molecule has 47 heavy (non-hydrogen) atoms. The van der Waals surface area contributed by atoms with Gasteiger partial charge in [-0.05, 0) is 36.2 Å². The Balaban J connectivity index is 1.00. The molecule has 3 fully saturated rings. The van der Waals surface area contributed by atoms with Crippen LogP contribution in [-0.2, 0) is 46.3 Å². The molecule has 14 nitrogen and oxygen atoms in total. The molecule has 4 heterocycles. The van der Waals surface area contributed by atoms with Crippen molar-refractivity contribution in [3.63, 3.8) is 0 Å². The number of hydrogen-bond acceptors (Lipinski definition) is 9. The Morgan fingerprint density at radius 2 is 1.77 bits per heavy atom. The van der Waals surface area contributed by atoms with Crippen LogP contribution in [0.25, 0.3) is 0 Å². The number of ketones is 1. The zero-order chi connectivity index (χ0) is 33.5. The van der Waals surface area contributed by atoms with Gasteiger partial charge in [0, 0.05) is 56.6 Å². The number of carbonyl (C=O) groups excluding carboxylic acids is 6. The molecule has 0 saturated carbocycles. The minimum absolute atomic E-state index is 0.00385. The molecule has 0 bridgehead atoms. The molecule has 248 valence electrons. The fraction of sp³-hybridized carbons (Fsp3) is 0.419. The lowest BCUT2D eigenvalue weighted by molar-refractivity contribution is -0.143. The summed E-state index contributed by atoms with van der Waals surface area (Å²) in [6, 6.07) is 7.70. The van der Waals surface area contributed by atoms with E-state index in [1.54, 1.807) is 18.2 Å². The van der Waals surface area contributed by atoms with Crippen molar-refractivity contribution in [1.29, 1.82) is 0 Å². The highest BCUT2D eigenvalue weighted by molar-refractivity contribution is 7.88. The van der Waals surface area contributed by atoms with Gasteiger partial charge >= 0.3 is 0 Å². The highest BCUT2D eigenvalue weighted by atomic mass is 32.2. The van der Waals surface area contributed by atoms with E-state index in [2.05, 4.69) is 10.6 Å². The van der Waals surface area contributed by atoms with Crippen molar-refractivity contribution >= 4 is 51.0 Å². The number of amides is 5. The Morgan fingerprint density at radius 1 is 1.02 bits per heavy atom. The minimum Gasteiger partial charge on any atom is -0.483 e. The molecule has 1 atom stereocenters. The SMILES string of the molecule is O=C1CCN(S(=O)(=O)Cc2ccc(F)c(NC(=O)C3CN(C(=O)COc4cccc5c4CN(C4CCC(=O)NC4=O)C5=O)C3)c2)CC1. The van der Waals surface area contributed by atoms with E-state index in [-0.39, 0.29) is 93.9 Å². The lowest BCUT2D eigenvalue weighted by Gasteiger charge is -2.38. The van der Waals surface area contributed by atoms with Crippen molar-refractivity contribution in [2.24, 2.45) is 5.92 Å². The summed E-state index contributed by atoms with van der Waals surface area (Å²) < 4.78 is 47.1. The first-order valence-electron chi connectivity index (χ1n) is 15.2. The molecule has 0 spiro atoms. The first kappa shape index (κ1) is 32.2. The third-order valence-electron chi connectivity index (χ3n) is 8.81. The zero-order valence-corrected chi connectivity index (χ0v) is 26.0. The summed E-state index contributed by atoms with van der Waals surface area (Å²) >= 11 is 0. The van der Waals surface area contributed by atoms with E-state index < -0.39 is 51.3 Å². The first-order chi connectivity index (χ1) is 22.4. The molecule has 5 amide bonds. The molecule has 2 aromatic carbocycles. The molecular formula is C31H32FN5O9S. The molecule has 1 unspecified atom stereocenters. The van der Waals surface area contributed by atoms with Gasteiger partial charge in [-0.1, -0.05) is 12.1 Å². The minimum atomic E-state index is -3.74. The number of sulfonamides is 1. The van der Waals surface area contributed by atoms with E-state index in [4.69, 9.17) is 4.74 Å². The van der Waals surface area contributed by atoms with Crippen LogP contribution < -0.4 is 15.4 Å². The van der Waals surface area contributed by atoms with Gasteiger partial charge in [-0.2, -0.15) is 0 Å². The number of nitrogens with one attached hydrogen (secondary N) is 2.